The topological polar surface area (TPSA) is 93.9 Å². The monoisotopic (exact) mass is 467 g/mol. The molecule has 4 rings (SSSR count). The van der Waals surface area contributed by atoms with Crippen molar-refractivity contribution in [3.05, 3.63) is 70.3 Å². The van der Waals surface area contributed by atoms with Gasteiger partial charge in [-0.25, -0.2) is 9.18 Å². The second-order valence-corrected chi connectivity index (χ2v) is 8.28. The van der Waals surface area contributed by atoms with Crippen molar-refractivity contribution in [2.24, 2.45) is 7.05 Å². The van der Waals surface area contributed by atoms with E-state index in [0.29, 0.717) is 46.5 Å². The minimum absolute atomic E-state index is 0.0839. The van der Waals surface area contributed by atoms with E-state index in [4.69, 9.17) is 9.47 Å². The Balaban J connectivity index is 1.63. The highest BCUT2D eigenvalue weighted by Gasteiger charge is 2.27. The lowest BCUT2D eigenvalue weighted by Gasteiger charge is -2.30. The molecule has 1 aliphatic heterocycles. The maximum Gasteiger partial charge on any atom is 0.410 e. The van der Waals surface area contributed by atoms with Gasteiger partial charge in [0.25, 0.3) is 0 Å². The summed E-state index contributed by atoms with van der Waals surface area (Å²) in [5.41, 5.74) is 4.74. The third-order valence-corrected chi connectivity index (χ3v) is 5.96. The summed E-state index contributed by atoms with van der Waals surface area (Å²) in [7, 11) is 3.31. The molecule has 1 amide bonds. The molecular formula is C25H26FN3O5. The first-order valence-corrected chi connectivity index (χ1v) is 10.9. The fourth-order valence-corrected chi connectivity index (χ4v) is 4.32. The van der Waals surface area contributed by atoms with E-state index in [1.54, 1.807) is 40.9 Å². The van der Waals surface area contributed by atoms with Crippen LogP contribution in [0.25, 0.3) is 11.1 Å². The average Bonchev–Trinajstić information content (AvgIpc) is 3.13. The zero-order chi connectivity index (χ0) is 24.4. The zero-order valence-electron chi connectivity index (χ0n) is 19.3. The highest BCUT2D eigenvalue weighted by atomic mass is 19.1. The molecule has 0 radical (unpaired) electrons. The van der Waals surface area contributed by atoms with Gasteiger partial charge in [-0.1, -0.05) is 12.1 Å². The molecule has 0 spiro atoms. The van der Waals surface area contributed by atoms with Crippen molar-refractivity contribution in [1.82, 2.24) is 14.7 Å². The molecule has 0 bridgehead atoms. The Kier molecular flexibility index (Phi) is 6.54. The first kappa shape index (κ1) is 23.3. The molecule has 178 valence electrons. The van der Waals surface area contributed by atoms with Crippen molar-refractivity contribution in [3.8, 4) is 16.9 Å². The number of carbonyl (C=O) groups excluding carboxylic acids is 1. The summed E-state index contributed by atoms with van der Waals surface area (Å²) in [6.07, 6.45) is -0.301. The fraction of sp³-hybridized carbons (Fsp3) is 0.320. The van der Waals surface area contributed by atoms with E-state index in [2.05, 4.69) is 5.10 Å². The second-order valence-electron chi connectivity index (χ2n) is 8.28. The number of hydrogen-bond donors (Lipinski definition) is 1. The molecular weight excluding hydrogens is 441 g/mol. The number of fused-ring (bicyclic) bond motifs is 1. The minimum atomic E-state index is -0.949. The number of carboxylic acids is 1. The Bertz CT molecular complexity index is 1250. The molecule has 0 aliphatic carbocycles. The standard InChI is InChI=1S/C25H26FN3O5/c1-15-10-17(28(2)27-15)14-34-25(32)29-9-8-19-21(13-29)18(5-6-22(19)26)20-11-16(12-24(30)31)4-7-23(20)33-3/h4-7,10-11H,8-9,12-14H2,1-3H3,(H,30,31). The number of aliphatic carboxylic acids is 1. The zero-order valence-corrected chi connectivity index (χ0v) is 19.3. The van der Waals surface area contributed by atoms with Gasteiger partial charge < -0.3 is 19.5 Å². The summed E-state index contributed by atoms with van der Waals surface area (Å²) < 4.78 is 27.4. The van der Waals surface area contributed by atoms with E-state index in [0.717, 1.165) is 11.4 Å². The lowest BCUT2D eigenvalue weighted by Crippen LogP contribution is -2.37. The van der Waals surface area contributed by atoms with Gasteiger partial charge in [0.15, 0.2) is 0 Å². The summed E-state index contributed by atoms with van der Waals surface area (Å²) in [6.45, 7) is 2.44. The molecule has 0 saturated heterocycles. The first-order valence-electron chi connectivity index (χ1n) is 10.9. The number of amides is 1. The molecule has 9 heteroatoms. The van der Waals surface area contributed by atoms with Crippen LogP contribution in [0, 0.1) is 12.7 Å². The molecule has 34 heavy (non-hydrogen) atoms. The van der Waals surface area contributed by atoms with Crippen LogP contribution in [0.2, 0.25) is 0 Å². The number of benzene rings is 2. The number of methoxy groups -OCH3 is 1. The molecule has 8 nitrogen and oxygen atoms in total. The fourth-order valence-electron chi connectivity index (χ4n) is 4.32. The molecule has 2 heterocycles. The molecule has 1 aliphatic rings. The van der Waals surface area contributed by atoms with Crippen LogP contribution in [0.4, 0.5) is 9.18 Å². The molecule has 1 aromatic heterocycles. The Labute approximate surface area is 196 Å². The van der Waals surface area contributed by atoms with Gasteiger partial charge in [-0.15, -0.1) is 0 Å². The molecule has 2 aromatic carbocycles. The van der Waals surface area contributed by atoms with Crippen LogP contribution >= 0.6 is 0 Å². The first-order chi connectivity index (χ1) is 16.3. The third-order valence-electron chi connectivity index (χ3n) is 5.96. The lowest BCUT2D eigenvalue weighted by molar-refractivity contribution is -0.136. The Morgan fingerprint density at radius 3 is 2.62 bits per heavy atom. The van der Waals surface area contributed by atoms with E-state index in [-0.39, 0.29) is 25.4 Å². The van der Waals surface area contributed by atoms with E-state index in [1.807, 2.05) is 13.0 Å². The number of carbonyl (C=O) groups is 2. The SMILES string of the molecule is COc1ccc(CC(=O)O)cc1-c1ccc(F)c2c1CN(C(=O)OCc1cc(C)nn1C)CC2. The van der Waals surface area contributed by atoms with Crippen LogP contribution in [0.1, 0.15) is 28.1 Å². The van der Waals surface area contributed by atoms with Gasteiger partial charge in [-0.2, -0.15) is 5.10 Å². The number of halogens is 1. The van der Waals surface area contributed by atoms with Gasteiger partial charge in [0.05, 0.1) is 24.9 Å². The van der Waals surface area contributed by atoms with Gasteiger partial charge in [0.2, 0.25) is 0 Å². The molecule has 3 aromatic rings. The molecule has 0 atom stereocenters. The van der Waals surface area contributed by atoms with Crippen molar-refractivity contribution in [2.45, 2.75) is 32.9 Å². The van der Waals surface area contributed by atoms with Crippen LogP contribution in [0.15, 0.2) is 36.4 Å². The third kappa shape index (κ3) is 4.73. The van der Waals surface area contributed by atoms with Crippen LogP contribution in [-0.2, 0) is 42.6 Å². The van der Waals surface area contributed by atoms with E-state index < -0.39 is 12.1 Å². The highest BCUT2D eigenvalue weighted by Crippen LogP contribution is 2.38. The number of nitrogens with zero attached hydrogens (tertiary/aromatic N) is 3. The maximum absolute atomic E-state index is 14.7. The molecule has 0 saturated carbocycles. The van der Waals surface area contributed by atoms with Crippen LogP contribution in [0.5, 0.6) is 5.75 Å². The molecule has 0 unspecified atom stereocenters. The normalized spacial score (nSPS) is 12.9. The summed E-state index contributed by atoms with van der Waals surface area (Å²) in [4.78, 5) is 25.6. The van der Waals surface area contributed by atoms with Gasteiger partial charge in [0, 0.05) is 25.7 Å². The maximum atomic E-state index is 14.7. The predicted molar refractivity (Wildman–Crippen MR) is 122 cm³/mol. The highest BCUT2D eigenvalue weighted by molar-refractivity contribution is 5.78. The number of aromatic nitrogens is 2. The Morgan fingerprint density at radius 1 is 1.15 bits per heavy atom. The predicted octanol–water partition coefficient (Wildman–Crippen LogP) is 3.87. The Hall–Kier alpha value is -3.88. The van der Waals surface area contributed by atoms with E-state index in [9.17, 15) is 19.1 Å². The van der Waals surface area contributed by atoms with Crippen molar-refractivity contribution in [3.63, 3.8) is 0 Å². The van der Waals surface area contributed by atoms with Crippen molar-refractivity contribution in [1.29, 1.82) is 0 Å². The summed E-state index contributed by atoms with van der Waals surface area (Å²) in [6, 6.07) is 10.0. The second kappa shape index (κ2) is 9.54. The van der Waals surface area contributed by atoms with E-state index in [1.165, 1.54) is 13.2 Å². The summed E-state index contributed by atoms with van der Waals surface area (Å²) in [5, 5.41) is 13.4. The molecule has 0 fully saturated rings. The lowest BCUT2D eigenvalue weighted by atomic mass is 9.89. The van der Waals surface area contributed by atoms with Gasteiger partial charge in [-0.05, 0) is 59.9 Å². The van der Waals surface area contributed by atoms with Crippen LogP contribution < -0.4 is 4.74 Å². The molecule has 1 N–H and O–H groups in total. The number of ether oxygens (including phenoxy) is 2. The summed E-state index contributed by atoms with van der Waals surface area (Å²) in [5.74, 6) is -0.748. The number of hydrogen-bond acceptors (Lipinski definition) is 5. The van der Waals surface area contributed by atoms with Crippen molar-refractivity contribution < 1.29 is 28.6 Å². The minimum Gasteiger partial charge on any atom is -0.496 e. The van der Waals surface area contributed by atoms with Crippen LogP contribution in [0.3, 0.4) is 0 Å². The summed E-state index contributed by atoms with van der Waals surface area (Å²) >= 11 is 0. The van der Waals surface area contributed by atoms with Crippen molar-refractivity contribution >= 4 is 12.1 Å². The van der Waals surface area contributed by atoms with Gasteiger partial charge >= 0.3 is 12.1 Å². The smallest absolute Gasteiger partial charge is 0.410 e. The largest absolute Gasteiger partial charge is 0.496 e. The average molecular weight is 467 g/mol. The van der Waals surface area contributed by atoms with Crippen LogP contribution in [-0.4, -0.2) is 45.5 Å². The quantitative estimate of drug-likeness (QED) is 0.592. The van der Waals surface area contributed by atoms with Gasteiger partial charge in [-0.3, -0.25) is 9.48 Å². The number of carboxylic acid groups (broad SMARTS) is 1. The van der Waals surface area contributed by atoms with E-state index >= 15 is 0 Å². The number of aryl methyl sites for hydroxylation is 2. The number of rotatable bonds is 6. The van der Waals surface area contributed by atoms with Crippen molar-refractivity contribution in [2.75, 3.05) is 13.7 Å². The van der Waals surface area contributed by atoms with Gasteiger partial charge in [0.1, 0.15) is 18.2 Å². The Morgan fingerprint density at radius 2 is 1.94 bits per heavy atom.